The van der Waals surface area contributed by atoms with Crippen molar-refractivity contribution in [2.75, 3.05) is 13.2 Å². The van der Waals surface area contributed by atoms with Gasteiger partial charge in [-0.05, 0) is 38.0 Å². The number of fused-ring (bicyclic) bond motifs is 1. The highest BCUT2D eigenvalue weighted by molar-refractivity contribution is 5.97. The Morgan fingerprint density at radius 1 is 0.857 bits per heavy atom. The molecule has 0 saturated carbocycles. The Hall–Kier alpha value is -2.16. The molecule has 200 valence electrons. The summed E-state index contributed by atoms with van der Waals surface area (Å²) in [5.41, 5.74) is 0. The third-order valence-corrected chi connectivity index (χ3v) is 7.40. The number of carbonyl (C=O) groups excluding carboxylic acids is 4. The highest BCUT2D eigenvalue weighted by Gasteiger charge is 2.40. The predicted octanol–water partition coefficient (Wildman–Crippen LogP) is 2.01. The summed E-state index contributed by atoms with van der Waals surface area (Å²) in [5, 5.41) is 18.0. The summed E-state index contributed by atoms with van der Waals surface area (Å²) in [7, 11) is 0. The molecule has 0 aromatic rings. The van der Waals surface area contributed by atoms with Gasteiger partial charge in [0.15, 0.2) is 0 Å². The molecule has 4 amide bonds. The van der Waals surface area contributed by atoms with Gasteiger partial charge in [0.25, 0.3) is 0 Å². The van der Waals surface area contributed by atoms with Gasteiger partial charge in [0, 0.05) is 13.2 Å². The number of aliphatic hydroxyl groups excluding tert-OH is 1. The van der Waals surface area contributed by atoms with Crippen LogP contribution in [0.4, 0.5) is 0 Å². The second kappa shape index (κ2) is 15.1. The maximum absolute atomic E-state index is 13.6. The molecule has 2 heterocycles. The Morgan fingerprint density at radius 3 is 2.17 bits per heavy atom. The lowest BCUT2D eigenvalue weighted by Crippen LogP contribution is -2.64. The molecule has 0 bridgehead atoms. The molecule has 5 atom stereocenters. The summed E-state index contributed by atoms with van der Waals surface area (Å²) in [5.74, 6) is -1.61. The highest BCUT2D eigenvalue weighted by atomic mass is 16.3. The Labute approximate surface area is 210 Å². The number of rotatable bonds is 11. The van der Waals surface area contributed by atoms with Crippen LogP contribution >= 0.6 is 0 Å². The Kier molecular flexibility index (Phi) is 12.5. The molecule has 2 saturated heterocycles. The van der Waals surface area contributed by atoms with Crippen LogP contribution in [0.5, 0.6) is 0 Å². The standard InChI is InChI=1S/C26H46N4O5/c1-4-6-7-8-9-10-13-19-23(32)27-20(15-17-31)24(33)29-22(18(3)5-2)26(35)30-16-12-11-14-21(30)25(34)28-19/h18-22,31H,4-17H2,1-3H3,(H,27,32)(H,28,34)(H,29,33)/t18?,19-,20-,21+,22-/m0/s1. The van der Waals surface area contributed by atoms with Crippen molar-refractivity contribution in [3.63, 3.8) is 0 Å². The molecule has 0 aromatic heterocycles. The van der Waals surface area contributed by atoms with Crippen LogP contribution in [-0.2, 0) is 19.2 Å². The molecule has 2 aliphatic heterocycles. The van der Waals surface area contributed by atoms with Gasteiger partial charge in [-0.2, -0.15) is 0 Å². The number of unbranched alkanes of at least 4 members (excludes halogenated alkanes) is 5. The molecule has 0 spiro atoms. The number of aliphatic hydroxyl groups is 1. The first kappa shape index (κ1) is 29.1. The second-order valence-corrected chi connectivity index (χ2v) is 10.1. The van der Waals surface area contributed by atoms with Crippen LogP contribution in [0, 0.1) is 5.92 Å². The average Bonchev–Trinajstić information content (AvgIpc) is 2.86. The third-order valence-electron chi connectivity index (χ3n) is 7.40. The molecule has 4 N–H and O–H groups in total. The van der Waals surface area contributed by atoms with Crippen molar-refractivity contribution in [2.24, 2.45) is 5.92 Å². The molecule has 2 aliphatic rings. The first-order chi connectivity index (χ1) is 16.8. The van der Waals surface area contributed by atoms with Crippen LogP contribution in [0.3, 0.4) is 0 Å². The van der Waals surface area contributed by atoms with Gasteiger partial charge in [-0.15, -0.1) is 0 Å². The van der Waals surface area contributed by atoms with Crippen molar-refractivity contribution in [1.82, 2.24) is 20.9 Å². The van der Waals surface area contributed by atoms with E-state index >= 15 is 0 Å². The van der Waals surface area contributed by atoms with Gasteiger partial charge in [0.05, 0.1) is 0 Å². The monoisotopic (exact) mass is 494 g/mol. The van der Waals surface area contributed by atoms with Crippen molar-refractivity contribution >= 4 is 23.6 Å². The van der Waals surface area contributed by atoms with Crippen molar-refractivity contribution in [3.05, 3.63) is 0 Å². The van der Waals surface area contributed by atoms with E-state index in [4.69, 9.17) is 0 Å². The van der Waals surface area contributed by atoms with Crippen molar-refractivity contribution in [2.45, 2.75) is 122 Å². The molecule has 35 heavy (non-hydrogen) atoms. The summed E-state index contributed by atoms with van der Waals surface area (Å²) in [6.45, 7) is 6.16. The zero-order chi connectivity index (χ0) is 25.8. The molecule has 9 heteroatoms. The molecular weight excluding hydrogens is 448 g/mol. The normalized spacial score (nSPS) is 27.1. The number of hydrogen-bond acceptors (Lipinski definition) is 5. The van der Waals surface area contributed by atoms with Crippen molar-refractivity contribution in [3.8, 4) is 0 Å². The zero-order valence-corrected chi connectivity index (χ0v) is 21.8. The van der Waals surface area contributed by atoms with E-state index in [2.05, 4.69) is 22.9 Å². The minimum atomic E-state index is -0.979. The summed E-state index contributed by atoms with van der Waals surface area (Å²) >= 11 is 0. The van der Waals surface area contributed by atoms with Crippen molar-refractivity contribution < 1.29 is 24.3 Å². The quantitative estimate of drug-likeness (QED) is 0.327. The van der Waals surface area contributed by atoms with E-state index in [0.717, 1.165) is 44.9 Å². The largest absolute Gasteiger partial charge is 0.396 e. The average molecular weight is 495 g/mol. The van der Waals surface area contributed by atoms with Crippen LogP contribution < -0.4 is 16.0 Å². The summed E-state index contributed by atoms with van der Waals surface area (Å²) in [4.78, 5) is 54.9. The van der Waals surface area contributed by atoms with Gasteiger partial charge in [0.1, 0.15) is 24.2 Å². The number of carbonyl (C=O) groups is 4. The van der Waals surface area contributed by atoms with Crippen LogP contribution in [0.1, 0.15) is 97.8 Å². The van der Waals surface area contributed by atoms with E-state index in [9.17, 15) is 24.3 Å². The van der Waals surface area contributed by atoms with E-state index in [1.54, 1.807) is 4.90 Å². The minimum Gasteiger partial charge on any atom is -0.396 e. The molecule has 1 unspecified atom stereocenters. The maximum Gasteiger partial charge on any atom is 0.246 e. The molecular formula is C26H46N4O5. The van der Waals surface area contributed by atoms with Gasteiger partial charge in [-0.1, -0.05) is 65.7 Å². The number of hydrogen-bond donors (Lipinski definition) is 4. The molecule has 0 radical (unpaired) electrons. The van der Waals surface area contributed by atoms with Crippen molar-refractivity contribution in [1.29, 1.82) is 0 Å². The first-order valence-corrected chi connectivity index (χ1v) is 13.7. The lowest BCUT2D eigenvalue weighted by molar-refractivity contribution is -0.147. The SMILES string of the molecule is CCCCCCCC[C@@H]1NC(=O)[C@H]2CCCCN2C(=O)[C@H](C(C)CC)NC(=O)[C@H](CCO)NC1=O. The number of nitrogens with one attached hydrogen (secondary N) is 3. The number of piperidine rings is 1. The fourth-order valence-electron chi connectivity index (χ4n) is 4.92. The van der Waals surface area contributed by atoms with E-state index in [0.29, 0.717) is 25.8 Å². The zero-order valence-electron chi connectivity index (χ0n) is 21.8. The first-order valence-electron chi connectivity index (χ1n) is 13.7. The van der Waals surface area contributed by atoms with Gasteiger partial charge < -0.3 is 26.0 Å². The molecule has 0 aromatic carbocycles. The van der Waals surface area contributed by atoms with Crippen LogP contribution in [-0.4, -0.2) is 71.0 Å². The molecule has 2 fully saturated rings. The smallest absolute Gasteiger partial charge is 0.246 e. The number of amides is 4. The Bertz CT molecular complexity index is 716. The lowest BCUT2D eigenvalue weighted by Gasteiger charge is -2.39. The molecule has 9 nitrogen and oxygen atoms in total. The minimum absolute atomic E-state index is 0.0308. The van der Waals surface area contributed by atoms with Crippen LogP contribution in [0.25, 0.3) is 0 Å². The summed E-state index contributed by atoms with van der Waals surface area (Å²) in [6, 6.07) is -3.21. The molecule has 2 rings (SSSR count). The second-order valence-electron chi connectivity index (χ2n) is 10.1. The fraction of sp³-hybridized carbons (Fsp3) is 0.846. The van der Waals surface area contributed by atoms with Gasteiger partial charge in [0.2, 0.25) is 23.6 Å². The fourth-order valence-corrected chi connectivity index (χ4v) is 4.92. The van der Waals surface area contributed by atoms with Crippen LogP contribution in [0.15, 0.2) is 0 Å². The van der Waals surface area contributed by atoms with Gasteiger partial charge >= 0.3 is 0 Å². The van der Waals surface area contributed by atoms with E-state index in [1.165, 1.54) is 6.42 Å². The van der Waals surface area contributed by atoms with E-state index < -0.39 is 36.0 Å². The molecule has 0 aliphatic carbocycles. The van der Waals surface area contributed by atoms with Gasteiger partial charge in [-0.25, -0.2) is 0 Å². The maximum atomic E-state index is 13.6. The Morgan fingerprint density at radius 2 is 1.49 bits per heavy atom. The third kappa shape index (κ3) is 8.47. The summed E-state index contributed by atoms with van der Waals surface area (Å²) in [6.07, 6.45) is 9.63. The Balaban J connectivity index is 2.29. The van der Waals surface area contributed by atoms with Crippen LogP contribution in [0.2, 0.25) is 0 Å². The highest BCUT2D eigenvalue weighted by Crippen LogP contribution is 2.22. The number of nitrogens with zero attached hydrogens (tertiary/aromatic N) is 1. The van der Waals surface area contributed by atoms with Gasteiger partial charge in [-0.3, -0.25) is 19.2 Å². The van der Waals surface area contributed by atoms with E-state index in [-0.39, 0.29) is 30.8 Å². The lowest BCUT2D eigenvalue weighted by atomic mass is 9.93. The summed E-state index contributed by atoms with van der Waals surface area (Å²) < 4.78 is 0. The van der Waals surface area contributed by atoms with E-state index in [1.807, 2.05) is 13.8 Å². The topological polar surface area (TPSA) is 128 Å². The predicted molar refractivity (Wildman–Crippen MR) is 134 cm³/mol.